The van der Waals surface area contributed by atoms with Gasteiger partial charge in [0, 0.05) is 31.7 Å². The molecule has 108 valence electrons. The fourth-order valence-electron chi connectivity index (χ4n) is 3.17. The number of hydrogen-bond donors (Lipinski definition) is 2. The molecule has 0 amide bonds. The Labute approximate surface area is 123 Å². The molecule has 2 fully saturated rings. The Bertz CT molecular complexity index is 534. The number of nitriles is 1. The third-order valence-electron chi connectivity index (χ3n) is 4.19. The highest BCUT2D eigenvalue weighted by Gasteiger charge is 2.37. The first-order chi connectivity index (χ1) is 9.24. The van der Waals surface area contributed by atoms with Crippen molar-refractivity contribution in [1.29, 1.82) is 5.26 Å². The molecule has 0 radical (unpaired) electrons. The van der Waals surface area contributed by atoms with Gasteiger partial charge in [0.2, 0.25) is 0 Å². The third-order valence-corrected chi connectivity index (χ3v) is 4.19. The number of aliphatic hydroxyl groups is 1. The number of nitrogens with zero attached hydrogens (tertiary/aromatic N) is 2. The van der Waals surface area contributed by atoms with Crippen molar-refractivity contribution in [2.75, 3.05) is 31.1 Å². The molecule has 6 heteroatoms. The van der Waals surface area contributed by atoms with Crippen LogP contribution in [-0.2, 0) is 6.61 Å². The Balaban J connectivity index is 0.00000147. The van der Waals surface area contributed by atoms with Crippen LogP contribution < -0.4 is 10.2 Å². The predicted molar refractivity (Wildman–Crippen MR) is 76.3 cm³/mol. The van der Waals surface area contributed by atoms with Crippen LogP contribution in [0.1, 0.15) is 11.1 Å². The molecule has 0 bridgehead atoms. The van der Waals surface area contributed by atoms with E-state index < -0.39 is 5.82 Å². The lowest BCUT2D eigenvalue weighted by Gasteiger charge is -2.22. The number of anilines is 1. The number of fused-ring (bicyclic) bond motifs is 1. The summed E-state index contributed by atoms with van der Waals surface area (Å²) in [5.74, 6) is 0.613. The maximum atomic E-state index is 14.4. The molecular formula is C14H17ClFN3O. The van der Waals surface area contributed by atoms with Crippen molar-refractivity contribution in [2.45, 2.75) is 6.61 Å². The van der Waals surface area contributed by atoms with Crippen molar-refractivity contribution in [3.63, 3.8) is 0 Å². The van der Waals surface area contributed by atoms with E-state index in [0.29, 0.717) is 23.1 Å². The molecule has 20 heavy (non-hydrogen) atoms. The van der Waals surface area contributed by atoms with Crippen LogP contribution >= 0.6 is 12.4 Å². The highest BCUT2D eigenvalue weighted by molar-refractivity contribution is 5.85. The lowest BCUT2D eigenvalue weighted by molar-refractivity contribution is 0.276. The zero-order valence-electron chi connectivity index (χ0n) is 11.0. The Morgan fingerprint density at radius 1 is 1.35 bits per heavy atom. The van der Waals surface area contributed by atoms with Crippen LogP contribution in [0.2, 0.25) is 0 Å². The molecule has 2 unspecified atom stereocenters. The van der Waals surface area contributed by atoms with Gasteiger partial charge in [-0.3, -0.25) is 0 Å². The normalized spacial score (nSPS) is 24.1. The molecule has 0 spiro atoms. The van der Waals surface area contributed by atoms with E-state index in [0.717, 1.165) is 26.2 Å². The van der Waals surface area contributed by atoms with E-state index in [2.05, 4.69) is 11.4 Å². The summed E-state index contributed by atoms with van der Waals surface area (Å²) in [6, 6.07) is 5.13. The topological polar surface area (TPSA) is 59.3 Å². The molecule has 4 nitrogen and oxygen atoms in total. The van der Waals surface area contributed by atoms with Gasteiger partial charge in [-0.15, -0.1) is 12.4 Å². The van der Waals surface area contributed by atoms with Crippen LogP contribution in [0.5, 0.6) is 0 Å². The van der Waals surface area contributed by atoms with Gasteiger partial charge in [0.15, 0.2) is 5.82 Å². The Kier molecular flexibility index (Phi) is 4.48. The van der Waals surface area contributed by atoms with Gasteiger partial charge in [-0.05, 0) is 17.9 Å². The highest BCUT2D eigenvalue weighted by Crippen LogP contribution is 2.35. The Morgan fingerprint density at radius 3 is 2.55 bits per heavy atom. The Morgan fingerprint density at radius 2 is 2.00 bits per heavy atom. The first-order valence-electron chi connectivity index (χ1n) is 6.52. The van der Waals surface area contributed by atoms with Gasteiger partial charge >= 0.3 is 0 Å². The maximum Gasteiger partial charge on any atom is 0.153 e. The van der Waals surface area contributed by atoms with Gasteiger partial charge in [0.05, 0.1) is 17.9 Å². The lowest BCUT2D eigenvalue weighted by atomic mass is 10.0. The number of nitrogens with one attached hydrogen (secondary N) is 1. The minimum absolute atomic E-state index is 0. The number of benzene rings is 1. The monoisotopic (exact) mass is 297 g/mol. The van der Waals surface area contributed by atoms with E-state index in [9.17, 15) is 4.39 Å². The zero-order valence-corrected chi connectivity index (χ0v) is 11.8. The van der Waals surface area contributed by atoms with E-state index >= 15 is 0 Å². The van der Waals surface area contributed by atoms with Crippen molar-refractivity contribution in [2.24, 2.45) is 11.8 Å². The van der Waals surface area contributed by atoms with Gasteiger partial charge in [-0.25, -0.2) is 4.39 Å². The third kappa shape index (κ3) is 2.35. The van der Waals surface area contributed by atoms with E-state index in [1.54, 1.807) is 6.07 Å². The molecule has 2 N–H and O–H groups in total. The SMILES string of the molecule is Cl.N#Cc1ccc(CO)c(F)c1N1CC2CNCC2C1. The second-order valence-corrected chi connectivity index (χ2v) is 5.29. The summed E-state index contributed by atoms with van der Waals surface area (Å²) in [5, 5.41) is 21.6. The molecule has 0 aromatic heterocycles. The summed E-state index contributed by atoms with van der Waals surface area (Å²) in [7, 11) is 0. The van der Waals surface area contributed by atoms with Crippen molar-refractivity contribution in [1.82, 2.24) is 5.32 Å². The van der Waals surface area contributed by atoms with Crippen LogP contribution in [0, 0.1) is 29.0 Å². The molecule has 2 heterocycles. The van der Waals surface area contributed by atoms with Crippen molar-refractivity contribution < 1.29 is 9.50 Å². The van der Waals surface area contributed by atoms with Crippen molar-refractivity contribution in [3.8, 4) is 6.07 Å². The molecular weight excluding hydrogens is 281 g/mol. The molecule has 1 aromatic rings. The maximum absolute atomic E-state index is 14.4. The van der Waals surface area contributed by atoms with Gasteiger partial charge in [-0.1, -0.05) is 6.07 Å². The summed E-state index contributed by atoms with van der Waals surface area (Å²) in [5.41, 5.74) is 0.968. The minimum Gasteiger partial charge on any atom is -0.392 e. The number of hydrogen-bond acceptors (Lipinski definition) is 4. The van der Waals surface area contributed by atoms with E-state index in [1.165, 1.54) is 6.07 Å². The van der Waals surface area contributed by atoms with Crippen LogP contribution in [0.25, 0.3) is 0 Å². The highest BCUT2D eigenvalue weighted by atomic mass is 35.5. The Hall–Kier alpha value is -1.35. The van der Waals surface area contributed by atoms with Gasteiger partial charge < -0.3 is 15.3 Å². The molecule has 2 aliphatic rings. The summed E-state index contributed by atoms with van der Waals surface area (Å²) >= 11 is 0. The van der Waals surface area contributed by atoms with Crippen LogP contribution in [-0.4, -0.2) is 31.3 Å². The largest absolute Gasteiger partial charge is 0.392 e. The molecule has 0 saturated carbocycles. The van der Waals surface area contributed by atoms with Crippen molar-refractivity contribution in [3.05, 3.63) is 29.1 Å². The number of halogens is 2. The van der Waals surface area contributed by atoms with E-state index in [4.69, 9.17) is 10.4 Å². The first-order valence-corrected chi connectivity index (χ1v) is 6.52. The lowest BCUT2D eigenvalue weighted by Crippen LogP contribution is -2.27. The average Bonchev–Trinajstić information content (AvgIpc) is 2.99. The molecule has 3 rings (SSSR count). The number of rotatable bonds is 2. The summed E-state index contributed by atoms with van der Waals surface area (Å²) < 4.78 is 14.4. The minimum atomic E-state index is -0.450. The van der Waals surface area contributed by atoms with Crippen LogP contribution in [0.4, 0.5) is 10.1 Å². The zero-order chi connectivity index (χ0) is 13.4. The predicted octanol–water partition coefficient (Wildman–Crippen LogP) is 1.27. The fourth-order valence-corrected chi connectivity index (χ4v) is 3.17. The van der Waals surface area contributed by atoms with Gasteiger partial charge in [0.25, 0.3) is 0 Å². The second kappa shape index (κ2) is 5.96. The smallest absolute Gasteiger partial charge is 0.153 e. The summed E-state index contributed by atoms with van der Waals surface area (Å²) in [6.45, 7) is 3.14. The quantitative estimate of drug-likeness (QED) is 0.863. The summed E-state index contributed by atoms with van der Waals surface area (Å²) in [6.07, 6.45) is 0. The molecule has 0 aliphatic carbocycles. The van der Waals surface area contributed by atoms with Gasteiger partial charge in [0.1, 0.15) is 6.07 Å². The number of aliphatic hydroxyl groups excluding tert-OH is 1. The van der Waals surface area contributed by atoms with E-state index in [-0.39, 0.29) is 24.6 Å². The van der Waals surface area contributed by atoms with Gasteiger partial charge in [-0.2, -0.15) is 5.26 Å². The second-order valence-electron chi connectivity index (χ2n) is 5.29. The molecule has 2 aliphatic heterocycles. The standard InChI is InChI=1S/C14H16FN3O.ClH/c15-13-10(8-19)2-1-9(3-16)14(13)18-6-11-4-17-5-12(11)7-18;/h1-2,11-12,17,19H,4-8H2;1H. The van der Waals surface area contributed by atoms with Crippen LogP contribution in [0.3, 0.4) is 0 Å². The van der Waals surface area contributed by atoms with E-state index in [1.807, 2.05) is 4.90 Å². The molecule has 2 saturated heterocycles. The van der Waals surface area contributed by atoms with Crippen molar-refractivity contribution >= 4 is 18.1 Å². The fraction of sp³-hybridized carbons (Fsp3) is 0.500. The summed E-state index contributed by atoms with van der Waals surface area (Å²) in [4.78, 5) is 1.96. The molecule has 2 atom stereocenters. The van der Waals surface area contributed by atoms with Crippen LogP contribution in [0.15, 0.2) is 12.1 Å². The average molecular weight is 298 g/mol. The first kappa shape index (κ1) is 15.0. The molecule has 1 aromatic carbocycles.